The largest absolute Gasteiger partial charge is 0.304 e. The minimum Gasteiger partial charge on any atom is -0.304 e. The molecule has 0 spiro atoms. The van der Waals surface area contributed by atoms with E-state index < -0.39 is 18.9 Å². The fourth-order valence-corrected chi connectivity index (χ4v) is 2.37. The number of alkyl halides is 2. The normalized spacial score (nSPS) is 11.0. The van der Waals surface area contributed by atoms with E-state index >= 15 is 0 Å². The lowest BCUT2D eigenvalue weighted by Crippen LogP contribution is -2.20. The van der Waals surface area contributed by atoms with Crippen LogP contribution in [0, 0.1) is 11.3 Å². The first-order valence-corrected chi connectivity index (χ1v) is 6.97. The van der Waals surface area contributed by atoms with E-state index in [1.807, 2.05) is 6.07 Å². The predicted molar refractivity (Wildman–Crippen MR) is 81.6 cm³/mol. The molecule has 0 bridgehead atoms. The number of carbonyl (C=O) groups is 1. The summed E-state index contributed by atoms with van der Waals surface area (Å²) in [6.07, 6.45) is -1.18. The van der Waals surface area contributed by atoms with Crippen molar-refractivity contribution in [3.8, 4) is 6.07 Å². The summed E-state index contributed by atoms with van der Waals surface area (Å²) in [6, 6.07) is 8.01. The molecule has 0 saturated carbocycles. The SMILES string of the molecule is Cn1nccc1C(=O)Nc1nc2ccc(C#N)cc2n1CC(F)F. The van der Waals surface area contributed by atoms with Gasteiger partial charge in [-0.15, -0.1) is 0 Å². The van der Waals surface area contributed by atoms with Crippen molar-refractivity contribution in [2.24, 2.45) is 7.05 Å². The molecule has 24 heavy (non-hydrogen) atoms. The minimum atomic E-state index is -2.64. The topological polar surface area (TPSA) is 88.5 Å². The van der Waals surface area contributed by atoms with E-state index in [0.29, 0.717) is 16.6 Å². The molecule has 3 rings (SSSR count). The average molecular weight is 330 g/mol. The third-order valence-corrected chi connectivity index (χ3v) is 3.48. The Hall–Kier alpha value is -3.28. The number of halogens is 2. The Balaban J connectivity index is 2.04. The van der Waals surface area contributed by atoms with Crippen LogP contribution in [0.2, 0.25) is 0 Å². The molecule has 7 nitrogen and oxygen atoms in total. The number of nitriles is 1. The molecule has 1 aromatic carbocycles. The van der Waals surface area contributed by atoms with Crippen LogP contribution >= 0.6 is 0 Å². The van der Waals surface area contributed by atoms with Crippen LogP contribution in [0.1, 0.15) is 16.1 Å². The fraction of sp³-hybridized carbons (Fsp3) is 0.200. The molecule has 0 unspecified atom stereocenters. The van der Waals surface area contributed by atoms with Crippen LogP contribution in [0.15, 0.2) is 30.5 Å². The first kappa shape index (κ1) is 15.6. The fourth-order valence-electron chi connectivity index (χ4n) is 2.37. The third kappa shape index (κ3) is 2.81. The van der Waals surface area contributed by atoms with Crippen LogP contribution in [-0.4, -0.2) is 31.7 Å². The van der Waals surface area contributed by atoms with Gasteiger partial charge in [0, 0.05) is 13.2 Å². The lowest BCUT2D eigenvalue weighted by Gasteiger charge is -2.09. The van der Waals surface area contributed by atoms with Crippen LogP contribution in [-0.2, 0) is 13.6 Å². The predicted octanol–water partition coefficient (Wildman–Crippen LogP) is 2.16. The highest BCUT2D eigenvalue weighted by atomic mass is 19.3. The molecular formula is C15H12F2N6O. The number of hydrogen-bond acceptors (Lipinski definition) is 4. The highest BCUT2D eigenvalue weighted by Crippen LogP contribution is 2.22. The van der Waals surface area contributed by atoms with E-state index in [0.717, 1.165) is 0 Å². The van der Waals surface area contributed by atoms with E-state index in [2.05, 4.69) is 15.4 Å². The summed E-state index contributed by atoms with van der Waals surface area (Å²) in [6.45, 7) is -0.646. The molecule has 0 atom stereocenters. The molecule has 0 saturated heterocycles. The van der Waals surface area contributed by atoms with Gasteiger partial charge in [0.05, 0.1) is 29.2 Å². The monoisotopic (exact) mass is 330 g/mol. The number of imidazole rings is 1. The third-order valence-electron chi connectivity index (χ3n) is 3.48. The quantitative estimate of drug-likeness (QED) is 0.794. The van der Waals surface area contributed by atoms with E-state index in [9.17, 15) is 13.6 Å². The van der Waals surface area contributed by atoms with Crippen molar-refractivity contribution in [1.82, 2.24) is 19.3 Å². The number of carbonyl (C=O) groups excluding carboxylic acids is 1. The molecule has 0 fully saturated rings. The summed E-state index contributed by atoms with van der Waals surface area (Å²) < 4.78 is 28.4. The van der Waals surface area contributed by atoms with Gasteiger partial charge in [-0.1, -0.05) is 0 Å². The highest BCUT2D eigenvalue weighted by Gasteiger charge is 2.19. The van der Waals surface area contributed by atoms with Gasteiger partial charge in [0.2, 0.25) is 5.95 Å². The van der Waals surface area contributed by atoms with Gasteiger partial charge in [0.25, 0.3) is 12.3 Å². The van der Waals surface area contributed by atoms with Crippen molar-refractivity contribution in [2.45, 2.75) is 13.0 Å². The second-order valence-corrected chi connectivity index (χ2v) is 5.05. The number of nitrogens with zero attached hydrogens (tertiary/aromatic N) is 5. The number of hydrogen-bond donors (Lipinski definition) is 1. The summed E-state index contributed by atoms with van der Waals surface area (Å²) in [5.41, 5.74) is 1.36. The summed E-state index contributed by atoms with van der Waals surface area (Å²) in [5, 5.41) is 15.4. The van der Waals surface area contributed by atoms with Crippen LogP contribution in [0.5, 0.6) is 0 Å². The van der Waals surface area contributed by atoms with Crippen molar-refractivity contribution >= 4 is 22.9 Å². The van der Waals surface area contributed by atoms with Gasteiger partial charge in [-0.3, -0.25) is 14.8 Å². The Kier molecular flexibility index (Phi) is 3.95. The Morgan fingerprint density at radius 1 is 1.42 bits per heavy atom. The van der Waals surface area contributed by atoms with E-state index in [1.165, 1.54) is 33.6 Å². The molecule has 0 aliphatic carbocycles. The zero-order valence-electron chi connectivity index (χ0n) is 12.6. The lowest BCUT2D eigenvalue weighted by atomic mass is 10.2. The number of anilines is 1. The van der Waals surface area contributed by atoms with Gasteiger partial charge in [-0.2, -0.15) is 10.4 Å². The maximum absolute atomic E-state index is 12.9. The maximum Gasteiger partial charge on any atom is 0.276 e. The number of nitrogens with one attached hydrogen (secondary N) is 1. The molecule has 2 aromatic heterocycles. The molecule has 2 heterocycles. The van der Waals surface area contributed by atoms with E-state index in [4.69, 9.17) is 5.26 Å². The molecule has 1 N–H and O–H groups in total. The van der Waals surface area contributed by atoms with E-state index in [1.54, 1.807) is 13.1 Å². The van der Waals surface area contributed by atoms with Crippen LogP contribution < -0.4 is 5.32 Å². The Bertz CT molecular complexity index is 953. The van der Waals surface area contributed by atoms with Crippen molar-refractivity contribution in [1.29, 1.82) is 5.26 Å². The summed E-state index contributed by atoms with van der Waals surface area (Å²) >= 11 is 0. The van der Waals surface area contributed by atoms with Gasteiger partial charge in [-0.25, -0.2) is 13.8 Å². The lowest BCUT2D eigenvalue weighted by molar-refractivity contribution is 0.101. The molecule has 0 aliphatic heterocycles. The molecule has 1 amide bonds. The number of rotatable bonds is 4. The van der Waals surface area contributed by atoms with Crippen molar-refractivity contribution in [2.75, 3.05) is 5.32 Å². The summed E-state index contributed by atoms with van der Waals surface area (Å²) in [5.74, 6) is -0.520. The van der Waals surface area contributed by atoms with Gasteiger partial charge in [-0.05, 0) is 24.3 Å². The Morgan fingerprint density at radius 2 is 2.21 bits per heavy atom. The molecule has 122 valence electrons. The zero-order chi connectivity index (χ0) is 17.3. The molecule has 0 radical (unpaired) electrons. The van der Waals surface area contributed by atoms with Crippen LogP contribution in [0.25, 0.3) is 11.0 Å². The molecule has 3 aromatic rings. The van der Waals surface area contributed by atoms with Crippen LogP contribution in [0.4, 0.5) is 14.7 Å². The van der Waals surface area contributed by atoms with Crippen molar-refractivity contribution in [3.05, 3.63) is 41.7 Å². The van der Waals surface area contributed by atoms with E-state index in [-0.39, 0.29) is 11.6 Å². The standard InChI is InChI=1S/C15H12F2N6O/c1-22-11(4-5-19-22)14(24)21-15-20-10-3-2-9(7-18)6-12(10)23(15)8-13(16)17/h2-6,13H,8H2,1H3,(H,20,21,24). The number of aromatic nitrogens is 4. The average Bonchev–Trinajstić information content (AvgIpc) is 3.11. The first-order valence-electron chi connectivity index (χ1n) is 6.97. The van der Waals surface area contributed by atoms with Gasteiger partial charge in [0.1, 0.15) is 5.69 Å². The molecule has 9 heteroatoms. The minimum absolute atomic E-state index is 0.00779. The Labute approximate surface area is 135 Å². The molecular weight excluding hydrogens is 318 g/mol. The number of amides is 1. The van der Waals surface area contributed by atoms with Crippen molar-refractivity contribution in [3.63, 3.8) is 0 Å². The smallest absolute Gasteiger partial charge is 0.276 e. The second kappa shape index (κ2) is 6.08. The summed E-state index contributed by atoms with van der Waals surface area (Å²) in [4.78, 5) is 16.4. The maximum atomic E-state index is 12.9. The van der Waals surface area contributed by atoms with Gasteiger partial charge < -0.3 is 4.57 Å². The number of aryl methyl sites for hydroxylation is 1. The summed E-state index contributed by atoms with van der Waals surface area (Å²) in [7, 11) is 1.59. The number of benzene rings is 1. The molecule has 0 aliphatic rings. The van der Waals surface area contributed by atoms with Crippen molar-refractivity contribution < 1.29 is 13.6 Å². The highest BCUT2D eigenvalue weighted by molar-refractivity contribution is 6.02. The number of fused-ring (bicyclic) bond motifs is 1. The Morgan fingerprint density at radius 3 is 2.83 bits per heavy atom. The van der Waals surface area contributed by atoms with Gasteiger partial charge >= 0.3 is 0 Å². The first-order chi connectivity index (χ1) is 11.5. The second-order valence-electron chi connectivity index (χ2n) is 5.05. The van der Waals surface area contributed by atoms with Crippen LogP contribution in [0.3, 0.4) is 0 Å². The van der Waals surface area contributed by atoms with Gasteiger partial charge in [0.15, 0.2) is 0 Å². The zero-order valence-corrected chi connectivity index (χ0v) is 12.6.